The molecule has 0 unspecified atom stereocenters. The Balaban J connectivity index is 2.60. The van der Waals surface area contributed by atoms with E-state index < -0.39 is 18.5 Å². The number of benzene rings is 1. The standard InChI is InChI=1S/C11H10O5/c12-10(13)6-3-8-1-4-9(5-2-8)16-7-11(14)15/h1-6H,7H2,(H,12,13)(H,14,15). The zero-order valence-corrected chi connectivity index (χ0v) is 8.29. The monoisotopic (exact) mass is 222 g/mol. The maximum Gasteiger partial charge on any atom is 0.341 e. The number of rotatable bonds is 5. The van der Waals surface area contributed by atoms with Gasteiger partial charge >= 0.3 is 11.9 Å². The fraction of sp³-hybridized carbons (Fsp3) is 0.0909. The molecule has 0 bridgehead atoms. The highest BCUT2D eigenvalue weighted by molar-refractivity contribution is 5.85. The molecule has 0 aliphatic carbocycles. The van der Waals surface area contributed by atoms with Crippen LogP contribution in [0.3, 0.4) is 0 Å². The lowest BCUT2D eigenvalue weighted by Crippen LogP contribution is -2.09. The van der Waals surface area contributed by atoms with Crippen molar-refractivity contribution in [2.24, 2.45) is 0 Å². The van der Waals surface area contributed by atoms with Gasteiger partial charge in [-0.05, 0) is 23.8 Å². The third-order valence-corrected chi connectivity index (χ3v) is 1.66. The normalized spacial score (nSPS) is 10.2. The van der Waals surface area contributed by atoms with Gasteiger partial charge in [0.1, 0.15) is 5.75 Å². The van der Waals surface area contributed by atoms with Crippen LogP contribution in [0, 0.1) is 0 Å². The van der Waals surface area contributed by atoms with Crippen molar-refractivity contribution in [2.45, 2.75) is 0 Å². The van der Waals surface area contributed by atoms with Gasteiger partial charge in [-0.25, -0.2) is 9.59 Å². The highest BCUT2D eigenvalue weighted by Gasteiger charge is 1.98. The summed E-state index contributed by atoms with van der Waals surface area (Å²) in [5.74, 6) is -1.64. The zero-order valence-electron chi connectivity index (χ0n) is 8.29. The SMILES string of the molecule is O=C(O)C=Cc1ccc(OCC(=O)O)cc1. The van der Waals surface area contributed by atoms with Crippen molar-refractivity contribution in [3.63, 3.8) is 0 Å². The first-order chi connectivity index (χ1) is 7.58. The smallest absolute Gasteiger partial charge is 0.341 e. The summed E-state index contributed by atoms with van der Waals surface area (Å²) in [4.78, 5) is 20.5. The molecule has 1 rings (SSSR count). The third kappa shape index (κ3) is 4.28. The maximum absolute atomic E-state index is 10.2. The Morgan fingerprint density at radius 1 is 1.19 bits per heavy atom. The molecule has 0 spiro atoms. The Morgan fingerprint density at radius 2 is 1.81 bits per heavy atom. The lowest BCUT2D eigenvalue weighted by Gasteiger charge is -2.02. The second kappa shape index (κ2) is 5.55. The summed E-state index contributed by atoms with van der Waals surface area (Å²) in [5.41, 5.74) is 0.699. The average Bonchev–Trinajstić information content (AvgIpc) is 2.25. The molecular weight excluding hydrogens is 212 g/mol. The van der Waals surface area contributed by atoms with E-state index in [4.69, 9.17) is 14.9 Å². The number of ether oxygens (including phenoxy) is 1. The molecule has 1 aromatic rings. The van der Waals surface area contributed by atoms with Gasteiger partial charge in [-0.3, -0.25) is 0 Å². The van der Waals surface area contributed by atoms with E-state index in [0.29, 0.717) is 11.3 Å². The minimum Gasteiger partial charge on any atom is -0.482 e. The molecule has 0 heterocycles. The first-order valence-electron chi connectivity index (χ1n) is 4.43. The first-order valence-corrected chi connectivity index (χ1v) is 4.43. The second-order valence-corrected chi connectivity index (χ2v) is 2.92. The molecule has 0 aliphatic heterocycles. The lowest BCUT2D eigenvalue weighted by atomic mass is 10.2. The molecule has 0 saturated heterocycles. The van der Waals surface area contributed by atoms with E-state index in [2.05, 4.69) is 0 Å². The molecule has 0 radical (unpaired) electrons. The van der Waals surface area contributed by atoms with Crippen molar-refractivity contribution in [2.75, 3.05) is 6.61 Å². The Kier molecular flexibility index (Phi) is 4.08. The van der Waals surface area contributed by atoms with Crippen molar-refractivity contribution in [1.82, 2.24) is 0 Å². The van der Waals surface area contributed by atoms with Gasteiger partial charge in [-0.15, -0.1) is 0 Å². The van der Waals surface area contributed by atoms with Crippen molar-refractivity contribution in [1.29, 1.82) is 0 Å². The Hall–Kier alpha value is -2.30. The number of hydrogen-bond donors (Lipinski definition) is 2. The van der Waals surface area contributed by atoms with E-state index in [0.717, 1.165) is 6.08 Å². The van der Waals surface area contributed by atoms with Crippen molar-refractivity contribution < 1.29 is 24.5 Å². The molecule has 5 nitrogen and oxygen atoms in total. The molecule has 0 amide bonds. The molecule has 84 valence electrons. The molecule has 0 saturated carbocycles. The number of carboxylic acids is 2. The van der Waals surface area contributed by atoms with Crippen molar-refractivity contribution in [3.05, 3.63) is 35.9 Å². The summed E-state index contributed by atoms with van der Waals surface area (Å²) < 4.78 is 4.91. The van der Waals surface area contributed by atoms with E-state index in [9.17, 15) is 9.59 Å². The highest BCUT2D eigenvalue weighted by Crippen LogP contribution is 2.12. The molecule has 0 aliphatic rings. The van der Waals surface area contributed by atoms with Crippen LogP contribution in [-0.4, -0.2) is 28.8 Å². The van der Waals surface area contributed by atoms with Crippen LogP contribution in [0.2, 0.25) is 0 Å². The first kappa shape index (κ1) is 11.8. The fourth-order valence-electron chi connectivity index (χ4n) is 0.988. The van der Waals surface area contributed by atoms with E-state index in [1.54, 1.807) is 24.3 Å². The summed E-state index contributed by atoms with van der Waals surface area (Å²) in [6.07, 6.45) is 2.45. The Labute approximate surface area is 91.6 Å². The van der Waals surface area contributed by atoms with Crippen molar-refractivity contribution >= 4 is 18.0 Å². The Bertz CT molecular complexity index is 405. The molecule has 0 fully saturated rings. The van der Waals surface area contributed by atoms with E-state index in [1.165, 1.54) is 6.08 Å². The number of carbonyl (C=O) groups is 2. The highest BCUT2D eigenvalue weighted by atomic mass is 16.5. The van der Waals surface area contributed by atoms with Crippen LogP contribution in [0.25, 0.3) is 6.08 Å². The summed E-state index contributed by atoms with van der Waals surface area (Å²) >= 11 is 0. The van der Waals surface area contributed by atoms with E-state index >= 15 is 0 Å². The minimum atomic E-state index is -1.05. The van der Waals surface area contributed by atoms with Gasteiger partial charge in [0.2, 0.25) is 0 Å². The van der Waals surface area contributed by atoms with Crippen LogP contribution in [-0.2, 0) is 9.59 Å². The van der Waals surface area contributed by atoms with Gasteiger partial charge in [0, 0.05) is 6.08 Å². The van der Waals surface area contributed by atoms with Gasteiger partial charge in [-0.1, -0.05) is 12.1 Å². The van der Waals surface area contributed by atoms with Crippen molar-refractivity contribution in [3.8, 4) is 5.75 Å². The van der Waals surface area contributed by atoms with Gasteiger partial charge in [-0.2, -0.15) is 0 Å². The summed E-state index contributed by atoms with van der Waals surface area (Å²) in [6.45, 7) is -0.399. The molecule has 5 heteroatoms. The zero-order chi connectivity index (χ0) is 12.0. The van der Waals surface area contributed by atoms with Gasteiger partial charge in [0.05, 0.1) is 0 Å². The van der Waals surface area contributed by atoms with Gasteiger partial charge < -0.3 is 14.9 Å². The third-order valence-electron chi connectivity index (χ3n) is 1.66. The molecule has 2 N–H and O–H groups in total. The molecule has 1 aromatic carbocycles. The largest absolute Gasteiger partial charge is 0.482 e. The van der Waals surface area contributed by atoms with Crippen LogP contribution in [0.5, 0.6) is 5.75 Å². The maximum atomic E-state index is 10.2. The molecule has 0 atom stereocenters. The van der Waals surface area contributed by atoms with Crippen LogP contribution < -0.4 is 4.74 Å². The predicted octanol–water partition coefficient (Wildman–Crippen LogP) is 1.25. The fourth-order valence-corrected chi connectivity index (χ4v) is 0.988. The number of aliphatic carboxylic acids is 2. The topological polar surface area (TPSA) is 83.8 Å². The quantitative estimate of drug-likeness (QED) is 0.732. The van der Waals surface area contributed by atoms with E-state index in [-0.39, 0.29) is 0 Å². The van der Waals surface area contributed by atoms with E-state index in [1.807, 2.05) is 0 Å². The van der Waals surface area contributed by atoms with Crippen LogP contribution in [0.15, 0.2) is 30.3 Å². The van der Waals surface area contributed by atoms with Gasteiger partial charge in [0.25, 0.3) is 0 Å². The average molecular weight is 222 g/mol. The summed E-state index contributed by atoms with van der Waals surface area (Å²) in [5, 5.41) is 16.8. The number of carboxylic acid groups (broad SMARTS) is 2. The summed E-state index contributed by atoms with van der Waals surface area (Å²) in [6, 6.07) is 6.42. The van der Waals surface area contributed by atoms with Crippen LogP contribution >= 0.6 is 0 Å². The summed E-state index contributed by atoms with van der Waals surface area (Å²) in [7, 11) is 0. The Morgan fingerprint density at radius 3 is 2.31 bits per heavy atom. The molecular formula is C11H10O5. The number of hydrogen-bond acceptors (Lipinski definition) is 3. The lowest BCUT2D eigenvalue weighted by molar-refractivity contribution is -0.139. The van der Waals surface area contributed by atoms with Crippen LogP contribution in [0.1, 0.15) is 5.56 Å². The molecule has 0 aromatic heterocycles. The molecule has 16 heavy (non-hydrogen) atoms. The second-order valence-electron chi connectivity index (χ2n) is 2.92. The predicted molar refractivity (Wildman–Crippen MR) is 56.2 cm³/mol. The van der Waals surface area contributed by atoms with Gasteiger partial charge in [0.15, 0.2) is 6.61 Å². The van der Waals surface area contributed by atoms with Crippen LogP contribution in [0.4, 0.5) is 0 Å². The minimum absolute atomic E-state index is 0.399.